The van der Waals surface area contributed by atoms with Crippen molar-refractivity contribution in [3.05, 3.63) is 42.1 Å². The van der Waals surface area contributed by atoms with E-state index in [9.17, 15) is 14.7 Å². The summed E-state index contributed by atoms with van der Waals surface area (Å²) in [7, 11) is 3.52. The molecule has 4 heterocycles. The number of carbonyl (C=O) groups is 2. The highest BCUT2D eigenvalue weighted by atomic mass is 16.6. The van der Waals surface area contributed by atoms with Crippen LogP contribution in [0, 0.1) is 0 Å². The number of anilines is 1. The molecule has 10 heteroatoms. The standard InChI is InChI=1S/C27H34N6O4/c1-27(2,3)37-26(36)33-15-16-14-20(33)25(35)31(4)13-12-21(34)24-23-17(8-6-10-19(23)30-32(24)5)18-9-7-11-22(28-16)29-18/h6-11,16,20-21,34H,12-15H2,1-5H3,(H,28,29)/t16-,20-,21?/m0/s1. The molecule has 0 radical (unpaired) electrons. The number of carbonyl (C=O) groups excluding carboxylic acids is 2. The molecule has 2 aliphatic heterocycles. The van der Waals surface area contributed by atoms with E-state index in [1.165, 1.54) is 4.90 Å². The number of nitrogens with one attached hydrogen (secondary N) is 1. The summed E-state index contributed by atoms with van der Waals surface area (Å²) in [4.78, 5) is 34.6. The summed E-state index contributed by atoms with van der Waals surface area (Å²) in [5.74, 6) is 0.459. The van der Waals surface area contributed by atoms with Crippen LogP contribution in [0.4, 0.5) is 10.6 Å². The minimum absolute atomic E-state index is 0.182. The number of ether oxygens (including phenoxy) is 1. The second-order valence-electron chi connectivity index (χ2n) is 10.9. The van der Waals surface area contributed by atoms with Gasteiger partial charge >= 0.3 is 6.09 Å². The number of likely N-dealkylation sites (N-methyl/N-ethyl adjacent to an activating group) is 1. The number of rotatable bonds is 0. The van der Waals surface area contributed by atoms with Gasteiger partial charge in [0.05, 0.1) is 23.0 Å². The van der Waals surface area contributed by atoms with Crippen LogP contribution in [-0.4, -0.2) is 79.5 Å². The number of aliphatic hydroxyl groups is 1. The van der Waals surface area contributed by atoms with E-state index in [0.29, 0.717) is 37.4 Å². The Kier molecular flexibility index (Phi) is 6.31. The van der Waals surface area contributed by atoms with Gasteiger partial charge in [0.25, 0.3) is 0 Å². The average Bonchev–Trinajstić information content (AvgIpc) is 3.40. The Morgan fingerprint density at radius 1 is 1.16 bits per heavy atom. The maximum atomic E-state index is 13.5. The summed E-state index contributed by atoms with van der Waals surface area (Å²) in [6.45, 7) is 6.06. The molecule has 1 fully saturated rings. The van der Waals surface area contributed by atoms with Crippen LogP contribution in [-0.2, 0) is 16.6 Å². The number of nitrogens with zero attached hydrogens (tertiary/aromatic N) is 5. The van der Waals surface area contributed by atoms with Gasteiger partial charge in [0.2, 0.25) is 5.91 Å². The Labute approximate surface area is 216 Å². The lowest BCUT2D eigenvalue weighted by atomic mass is 10.0. The molecule has 2 aromatic heterocycles. The largest absolute Gasteiger partial charge is 0.444 e. The minimum atomic E-state index is -0.851. The summed E-state index contributed by atoms with van der Waals surface area (Å²) in [5.41, 5.74) is 2.40. The smallest absolute Gasteiger partial charge is 0.411 e. The van der Waals surface area contributed by atoms with Crippen LogP contribution >= 0.6 is 0 Å². The number of aryl methyl sites for hydroxylation is 1. The third-order valence-corrected chi connectivity index (χ3v) is 6.93. The monoisotopic (exact) mass is 506 g/mol. The number of aliphatic hydroxyl groups excluding tert-OH is 1. The Morgan fingerprint density at radius 3 is 2.68 bits per heavy atom. The van der Waals surface area contributed by atoms with E-state index >= 15 is 0 Å². The lowest BCUT2D eigenvalue weighted by molar-refractivity contribution is -0.134. The number of amides is 2. The predicted molar refractivity (Wildman–Crippen MR) is 140 cm³/mol. The van der Waals surface area contributed by atoms with E-state index < -0.39 is 23.8 Å². The Bertz CT molecular complexity index is 1350. The van der Waals surface area contributed by atoms with E-state index in [-0.39, 0.29) is 11.9 Å². The SMILES string of the molecule is CN1CCC(O)c2c3c(cccc3nn2C)-c2cccc(n2)N[C@H]2C[C@@H](C1=O)N(C(=O)OC(C)(C)C)C2. The first-order valence-corrected chi connectivity index (χ1v) is 12.6. The van der Waals surface area contributed by atoms with Gasteiger partial charge in [-0.3, -0.25) is 14.4 Å². The predicted octanol–water partition coefficient (Wildman–Crippen LogP) is 3.32. The maximum Gasteiger partial charge on any atom is 0.411 e. The molecular weight excluding hydrogens is 472 g/mol. The summed E-state index contributed by atoms with van der Waals surface area (Å²) < 4.78 is 7.32. The first kappa shape index (κ1) is 25.0. The molecule has 1 unspecified atom stereocenters. The molecule has 37 heavy (non-hydrogen) atoms. The van der Waals surface area contributed by atoms with Gasteiger partial charge in [-0.15, -0.1) is 0 Å². The van der Waals surface area contributed by atoms with Crippen molar-refractivity contribution in [1.82, 2.24) is 24.6 Å². The quantitative estimate of drug-likeness (QED) is 0.481. The van der Waals surface area contributed by atoms with Gasteiger partial charge in [-0.25, -0.2) is 9.78 Å². The first-order valence-electron chi connectivity index (χ1n) is 12.6. The van der Waals surface area contributed by atoms with E-state index in [1.807, 2.05) is 64.2 Å². The van der Waals surface area contributed by atoms with E-state index in [4.69, 9.17) is 9.72 Å². The number of fused-ring (bicyclic) bond motifs is 5. The van der Waals surface area contributed by atoms with Crippen LogP contribution in [0.3, 0.4) is 0 Å². The zero-order valence-electron chi connectivity index (χ0n) is 21.9. The molecule has 10 nitrogen and oxygen atoms in total. The highest BCUT2D eigenvalue weighted by molar-refractivity contribution is 5.96. The van der Waals surface area contributed by atoms with Crippen LogP contribution in [0.5, 0.6) is 0 Å². The molecule has 196 valence electrons. The highest BCUT2D eigenvalue weighted by Crippen LogP contribution is 2.35. The third-order valence-electron chi connectivity index (χ3n) is 6.93. The number of likely N-dealkylation sites (tertiary alicyclic amines) is 1. The van der Waals surface area contributed by atoms with Gasteiger partial charge in [-0.2, -0.15) is 5.10 Å². The second kappa shape index (κ2) is 9.33. The molecule has 3 atom stereocenters. The van der Waals surface area contributed by atoms with Gasteiger partial charge in [-0.1, -0.05) is 18.2 Å². The number of aromatic nitrogens is 3. The Morgan fingerprint density at radius 2 is 1.92 bits per heavy atom. The molecule has 5 rings (SSSR count). The van der Waals surface area contributed by atoms with Crippen LogP contribution in [0.25, 0.3) is 22.2 Å². The molecular formula is C27H34N6O4. The van der Waals surface area contributed by atoms with E-state index in [1.54, 1.807) is 16.6 Å². The molecule has 3 aromatic rings. The van der Waals surface area contributed by atoms with Crippen molar-refractivity contribution in [2.24, 2.45) is 7.05 Å². The fourth-order valence-electron chi connectivity index (χ4n) is 5.25. The normalized spacial score (nSPS) is 22.4. The Hall–Kier alpha value is -3.66. The summed E-state index contributed by atoms with van der Waals surface area (Å²) in [6, 6.07) is 10.7. The number of pyridine rings is 1. The van der Waals surface area contributed by atoms with Crippen LogP contribution < -0.4 is 5.32 Å². The molecule has 1 aromatic carbocycles. The molecule has 2 aliphatic rings. The third kappa shape index (κ3) is 4.85. The van der Waals surface area contributed by atoms with Crippen molar-refractivity contribution in [3.8, 4) is 11.3 Å². The Balaban J connectivity index is 1.57. The highest BCUT2D eigenvalue weighted by Gasteiger charge is 2.43. The lowest BCUT2D eigenvalue weighted by Crippen LogP contribution is -2.48. The topological polar surface area (TPSA) is 113 Å². The first-order chi connectivity index (χ1) is 17.5. The maximum absolute atomic E-state index is 13.5. The van der Waals surface area contributed by atoms with Gasteiger partial charge in [0, 0.05) is 44.2 Å². The molecule has 0 saturated carbocycles. The van der Waals surface area contributed by atoms with Crippen LogP contribution in [0.1, 0.15) is 45.4 Å². The molecule has 2 N–H and O–H groups in total. The summed E-state index contributed by atoms with van der Waals surface area (Å²) in [6.07, 6.45) is -0.621. The minimum Gasteiger partial charge on any atom is -0.444 e. The molecule has 4 bridgehead atoms. The zero-order chi connectivity index (χ0) is 26.5. The second-order valence-corrected chi connectivity index (χ2v) is 10.9. The van der Waals surface area contributed by atoms with Gasteiger partial charge in [0.15, 0.2) is 0 Å². The number of hydrogen-bond acceptors (Lipinski definition) is 7. The molecule has 1 saturated heterocycles. The van der Waals surface area contributed by atoms with Crippen LogP contribution in [0.15, 0.2) is 36.4 Å². The van der Waals surface area contributed by atoms with Crippen molar-refractivity contribution in [2.75, 3.05) is 25.5 Å². The molecule has 0 spiro atoms. The van der Waals surface area contributed by atoms with Crippen molar-refractivity contribution in [2.45, 2.75) is 57.4 Å². The van der Waals surface area contributed by atoms with E-state index in [0.717, 1.165) is 22.2 Å². The summed E-state index contributed by atoms with van der Waals surface area (Å²) in [5, 5.41) is 20.2. The van der Waals surface area contributed by atoms with Gasteiger partial charge in [0.1, 0.15) is 17.5 Å². The summed E-state index contributed by atoms with van der Waals surface area (Å²) >= 11 is 0. The van der Waals surface area contributed by atoms with Crippen molar-refractivity contribution < 1.29 is 19.4 Å². The zero-order valence-corrected chi connectivity index (χ0v) is 21.9. The number of hydrogen-bond donors (Lipinski definition) is 2. The lowest BCUT2D eigenvalue weighted by Gasteiger charge is -2.30. The van der Waals surface area contributed by atoms with Gasteiger partial charge in [-0.05, 0) is 51.8 Å². The fraction of sp³-hybridized carbons (Fsp3) is 0.481. The van der Waals surface area contributed by atoms with Crippen LogP contribution in [0.2, 0.25) is 0 Å². The fourth-order valence-corrected chi connectivity index (χ4v) is 5.25. The van der Waals surface area contributed by atoms with Crippen molar-refractivity contribution in [3.63, 3.8) is 0 Å². The van der Waals surface area contributed by atoms with Crippen molar-refractivity contribution in [1.29, 1.82) is 0 Å². The van der Waals surface area contributed by atoms with Crippen molar-refractivity contribution >= 4 is 28.7 Å². The molecule has 2 amide bonds. The average molecular weight is 507 g/mol. The molecule has 0 aliphatic carbocycles. The van der Waals surface area contributed by atoms with Gasteiger partial charge < -0.3 is 20.1 Å². The number of benzene rings is 1. The van der Waals surface area contributed by atoms with E-state index in [2.05, 4.69) is 10.4 Å².